The molecule has 21 heavy (non-hydrogen) atoms. The summed E-state index contributed by atoms with van der Waals surface area (Å²) in [5, 5.41) is 0.669. The van der Waals surface area contributed by atoms with Crippen molar-refractivity contribution >= 4 is 34.4 Å². The zero-order chi connectivity index (χ0) is 14.8. The monoisotopic (exact) mass is 324 g/mol. The van der Waals surface area contributed by atoms with Crippen LogP contribution in [0.5, 0.6) is 5.75 Å². The fraction of sp³-hybridized carbons (Fsp3) is 0.562. The van der Waals surface area contributed by atoms with Gasteiger partial charge < -0.3 is 9.30 Å². The Morgan fingerprint density at radius 1 is 1.43 bits per heavy atom. The van der Waals surface area contributed by atoms with Crippen LogP contribution < -0.4 is 4.74 Å². The van der Waals surface area contributed by atoms with Gasteiger partial charge in [0.25, 0.3) is 0 Å². The van der Waals surface area contributed by atoms with Gasteiger partial charge >= 0.3 is 0 Å². The standard InChI is InChI=1S/C16H21ClN2OS/c1-20-13-7-3-6-12-16(13)18-15(9-10-17)19(12)11-5-4-8-14(11)21-2/h3,6-7,11,14H,4-5,8-10H2,1-2H3. The molecule has 2 unspecified atom stereocenters. The molecule has 1 saturated carbocycles. The fourth-order valence-corrected chi connectivity index (χ4v) is 4.56. The number of aromatic nitrogens is 2. The zero-order valence-corrected chi connectivity index (χ0v) is 14.1. The number of alkyl halides is 1. The summed E-state index contributed by atoms with van der Waals surface area (Å²) >= 11 is 7.97. The summed E-state index contributed by atoms with van der Waals surface area (Å²) < 4.78 is 7.90. The molecular weight excluding hydrogens is 304 g/mol. The molecule has 1 aliphatic rings. The van der Waals surface area contributed by atoms with Crippen LogP contribution in [-0.4, -0.2) is 34.0 Å². The Bertz CT molecular complexity index is 628. The van der Waals surface area contributed by atoms with Crippen molar-refractivity contribution in [3.05, 3.63) is 24.0 Å². The van der Waals surface area contributed by atoms with E-state index < -0.39 is 0 Å². The van der Waals surface area contributed by atoms with Crippen LogP contribution in [0.4, 0.5) is 0 Å². The molecule has 0 spiro atoms. The molecule has 1 fully saturated rings. The first-order chi connectivity index (χ1) is 10.3. The summed E-state index contributed by atoms with van der Waals surface area (Å²) in [6, 6.07) is 6.70. The number of methoxy groups -OCH3 is 1. The molecule has 3 nitrogen and oxygen atoms in total. The third-order valence-electron chi connectivity index (χ3n) is 4.35. The van der Waals surface area contributed by atoms with Gasteiger partial charge in [0.1, 0.15) is 17.1 Å². The average Bonchev–Trinajstić information content (AvgIpc) is 3.10. The van der Waals surface area contributed by atoms with E-state index >= 15 is 0 Å². The number of benzene rings is 1. The van der Waals surface area contributed by atoms with Crippen molar-refractivity contribution in [3.8, 4) is 5.75 Å². The second kappa shape index (κ2) is 6.49. The van der Waals surface area contributed by atoms with Gasteiger partial charge in [-0.25, -0.2) is 4.98 Å². The van der Waals surface area contributed by atoms with E-state index in [4.69, 9.17) is 21.3 Å². The molecule has 1 aromatic heterocycles. The van der Waals surface area contributed by atoms with Gasteiger partial charge in [0.2, 0.25) is 0 Å². The smallest absolute Gasteiger partial charge is 0.146 e. The van der Waals surface area contributed by atoms with Gasteiger partial charge in [0, 0.05) is 23.6 Å². The molecule has 2 atom stereocenters. The lowest BCUT2D eigenvalue weighted by molar-refractivity contribution is 0.419. The highest BCUT2D eigenvalue weighted by Gasteiger charge is 2.31. The highest BCUT2D eigenvalue weighted by molar-refractivity contribution is 7.99. The Hall–Kier alpha value is -0.870. The normalized spacial score (nSPS) is 22.0. The van der Waals surface area contributed by atoms with Crippen molar-refractivity contribution in [1.29, 1.82) is 0 Å². The topological polar surface area (TPSA) is 27.1 Å². The highest BCUT2D eigenvalue weighted by Crippen LogP contribution is 2.41. The first-order valence-electron chi connectivity index (χ1n) is 7.42. The number of hydrogen-bond acceptors (Lipinski definition) is 3. The van der Waals surface area contributed by atoms with Gasteiger partial charge in [-0.1, -0.05) is 12.5 Å². The summed E-state index contributed by atoms with van der Waals surface area (Å²) in [4.78, 5) is 4.83. The number of imidazole rings is 1. The van der Waals surface area contributed by atoms with Crippen LogP contribution in [0.1, 0.15) is 31.1 Å². The van der Waals surface area contributed by atoms with Crippen molar-refractivity contribution in [3.63, 3.8) is 0 Å². The number of nitrogens with zero attached hydrogens (tertiary/aromatic N) is 2. The number of aryl methyl sites for hydroxylation is 1. The molecule has 0 amide bonds. The van der Waals surface area contributed by atoms with Gasteiger partial charge in [-0.2, -0.15) is 11.8 Å². The molecule has 0 saturated heterocycles. The van der Waals surface area contributed by atoms with E-state index in [1.165, 1.54) is 24.8 Å². The second-order valence-corrected chi connectivity index (χ2v) is 6.89. The van der Waals surface area contributed by atoms with Crippen molar-refractivity contribution in [2.24, 2.45) is 0 Å². The minimum Gasteiger partial charge on any atom is -0.494 e. The van der Waals surface area contributed by atoms with Crippen LogP contribution in [-0.2, 0) is 6.42 Å². The number of rotatable bonds is 5. The fourth-order valence-electron chi connectivity index (χ4n) is 3.41. The molecule has 1 aliphatic carbocycles. The van der Waals surface area contributed by atoms with E-state index in [0.717, 1.165) is 23.5 Å². The lowest BCUT2D eigenvalue weighted by Gasteiger charge is -2.22. The highest BCUT2D eigenvalue weighted by atomic mass is 35.5. The van der Waals surface area contributed by atoms with Crippen LogP contribution in [0, 0.1) is 0 Å². The zero-order valence-electron chi connectivity index (χ0n) is 12.5. The van der Waals surface area contributed by atoms with Crippen molar-refractivity contribution in [1.82, 2.24) is 9.55 Å². The second-order valence-electron chi connectivity index (χ2n) is 5.44. The third-order valence-corrected chi connectivity index (χ3v) is 5.69. The Labute approximate surface area is 135 Å². The molecule has 114 valence electrons. The number of ether oxygens (including phenoxy) is 1. The number of para-hydroxylation sites is 1. The predicted molar refractivity (Wildman–Crippen MR) is 90.9 cm³/mol. The number of fused-ring (bicyclic) bond motifs is 1. The number of halogens is 1. The summed E-state index contributed by atoms with van der Waals surface area (Å²) in [7, 11) is 1.70. The Balaban J connectivity index is 2.16. The van der Waals surface area contributed by atoms with Crippen LogP contribution in [0.25, 0.3) is 11.0 Å². The van der Waals surface area contributed by atoms with Crippen LogP contribution >= 0.6 is 23.4 Å². The Morgan fingerprint density at radius 3 is 3.00 bits per heavy atom. The largest absolute Gasteiger partial charge is 0.494 e. The molecule has 3 rings (SSSR count). The maximum atomic E-state index is 6.00. The molecule has 2 aromatic rings. The lowest BCUT2D eigenvalue weighted by atomic mass is 10.2. The van der Waals surface area contributed by atoms with Crippen molar-refractivity contribution in [2.45, 2.75) is 37.0 Å². The van der Waals surface area contributed by atoms with Crippen LogP contribution in [0.15, 0.2) is 18.2 Å². The molecule has 0 radical (unpaired) electrons. The molecule has 1 heterocycles. The van der Waals surface area contributed by atoms with E-state index in [-0.39, 0.29) is 0 Å². The van der Waals surface area contributed by atoms with Gasteiger partial charge in [-0.3, -0.25) is 0 Å². The third kappa shape index (κ3) is 2.64. The molecule has 5 heteroatoms. The average molecular weight is 325 g/mol. The minimum absolute atomic E-state index is 0.523. The maximum absolute atomic E-state index is 6.00. The van der Waals surface area contributed by atoms with Gasteiger partial charge in [0.15, 0.2) is 0 Å². The van der Waals surface area contributed by atoms with E-state index in [2.05, 4.69) is 16.9 Å². The summed E-state index contributed by atoms with van der Waals surface area (Å²) in [6.45, 7) is 0. The van der Waals surface area contributed by atoms with Crippen LogP contribution in [0.3, 0.4) is 0 Å². The van der Waals surface area contributed by atoms with Crippen molar-refractivity contribution < 1.29 is 4.74 Å². The number of hydrogen-bond donors (Lipinski definition) is 0. The van der Waals surface area contributed by atoms with Crippen LogP contribution in [0.2, 0.25) is 0 Å². The minimum atomic E-state index is 0.523. The Morgan fingerprint density at radius 2 is 2.29 bits per heavy atom. The molecule has 0 bridgehead atoms. The van der Waals surface area contributed by atoms with Gasteiger partial charge in [-0.05, 0) is 31.2 Å². The van der Waals surface area contributed by atoms with E-state index in [1.807, 2.05) is 23.9 Å². The lowest BCUT2D eigenvalue weighted by Crippen LogP contribution is -2.18. The SMILES string of the molecule is COc1cccc2c1nc(CCCl)n2C1CCCC1SC. The summed E-state index contributed by atoms with van der Waals surface area (Å²) in [5.74, 6) is 2.54. The molecule has 0 N–H and O–H groups in total. The van der Waals surface area contributed by atoms with E-state index in [1.54, 1.807) is 7.11 Å². The van der Waals surface area contributed by atoms with Crippen molar-refractivity contribution in [2.75, 3.05) is 19.2 Å². The first kappa shape index (κ1) is 15.0. The molecule has 0 aliphatic heterocycles. The summed E-state index contributed by atoms with van der Waals surface area (Å²) in [6.07, 6.45) is 6.82. The first-order valence-corrected chi connectivity index (χ1v) is 9.25. The molecule has 1 aromatic carbocycles. The molecular formula is C16H21ClN2OS. The maximum Gasteiger partial charge on any atom is 0.146 e. The van der Waals surface area contributed by atoms with Gasteiger partial charge in [0.05, 0.1) is 12.6 Å². The Kier molecular flexibility index (Phi) is 4.65. The predicted octanol–water partition coefficient (Wildman–Crippen LogP) is 4.28. The van der Waals surface area contributed by atoms with E-state index in [9.17, 15) is 0 Å². The number of thioether (sulfide) groups is 1. The van der Waals surface area contributed by atoms with Gasteiger partial charge in [-0.15, -0.1) is 11.6 Å². The quantitative estimate of drug-likeness (QED) is 0.768. The van der Waals surface area contributed by atoms with E-state index in [0.29, 0.717) is 17.2 Å². The summed E-state index contributed by atoms with van der Waals surface area (Å²) in [5.41, 5.74) is 2.15.